The van der Waals surface area contributed by atoms with Crippen LogP contribution in [0.5, 0.6) is 0 Å². The molecule has 1 aromatic rings. The number of sulfonamides is 1. The highest BCUT2D eigenvalue weighted by Crippen LogP contribution is 2.30. The van der Waals surface area contributed by atoms with Crippen molar-refractivity contribution >= 4 is 10.0 Å². The molecule has 1 saturated heterocycles. The summed E-state index contributed by atoms with van der Waals surface area (Å²) in [5.74, 6) is 0.137. The third-order valence-electron chi connectivity index (χ3n) is 4.00. The fourth-order valence-electron chi connectivity index (χ4n) is 2.61. The Morgan fingerprint density at radius 1 is 1.10 bits per heavy atom. The van der Waals surface area contributed by atoms with Crippen LogP contribution in [0.25, 0.3) is 0 Å². The molecule has 1 saturated carbocycles. The van der Waals surface area contributed by atoms with Crippen molar-refractivity contribution in [3.63, 3.8) is 0 Å². The van der Waals surface area contributed by atoms with Gasteiger partial charge in [-0.2, -0.15) is 4.31 Å². The predicted molar refractivity (Wildman–Crippen MR) is 74.3 cm³/mol. The van der Waals surface area contributed by atoms with Crippen molar-refractivity contribution in [2.75, 3.05) is 32.7 Å². The summed E-state index contributed by atoms with van der Waals surface area (Å²) in [5.41, 5.74) is 0. The molecule has 0 spiro atoms. The third kappa shape index (κ3) is 2.87. The van der Waals surface area contributed by atoms with E-state index in [2.05, 4.69) is 4.90 Å². The molecule has 1 heterocycles. The number of rotatable bonds is 4. The Morgan fingerprint density at radius 3 is 2.35 bits per heavy atom. The van der Waals surface area contributed by atoms with Gasteiger partial charge < -0.3 is 4.90 Å². The number of hydrogen-bond donors (Lipinski definition) is 0. The average molecular weight is 298 g/mol. The molecule has 0 radical (unpaired) electrons. The van der Waals surface area contributed by atoms with Gasteiger partial charge in [0, 0.05) is 32.7 Å². The second-order valence-electron chi connectivity index (χ2n) is 5.58. The molecule has 0 unspecified atom stereocenters. The van der Waals surface area contributed by atoms with Gasteiger partial charge in [-0.25, -0.2) is 12.8 Å². The monoisotopic (exact) mass is 298 g/mol. The maximum atomic E-state index is 13.7. The lowest BCUT2D eigenvalue weighted by Crippen LogP contribution is -2.49. The van der Waals surface area contributed by atoms with Gasteiger partial charge in [0.15, 0.2) is 0 Å². The van der Waals surface area contributed by atoms with Gasteiger partial charge in [-0.05, 0) is 30.9 Å². The molecular formula is C14H19FN2O2S. The van der Waals surface area contributed by atoms with Gasteiger partial charge in [0.25, 0.3) is 0 Å². The van der Waals surface area contributed by atoms with E-state index in [9.17, 15) is 12.8 Å². The van der Waals surface area contributed by atoms with Crippen molar-refractivity contribution in [1.29, 1.82) is 0 Å². The minimum absolute atomic E-state index is 0.212. The zero-order valence-corrected chi connectivity index (χ0v) is 12.2. The molecule has 20 heavy (non-hydrogen) atoms. The lowest BCUT2D eigenvalue weighted by Gasteiger charge is -2.34. The molecule has 0 atom stereocenters. The molecule has 6 heteroatoms. The van der Waals surface area contributed by atoms with Gasteiger partial charge in [-0.3, -0.25) is 0 Å². The lowest BCUT2D eigenvalue weighted by molar-refractivity contribution is 0.182. The molecule has 0 N–H and O–H groups in total. The largest absolute Gasteiger partial charge is 0.300 e. The molecule has 0 amide bonds. The first-order valence-corrected chi connectivity index (χ1v) is 8.48. The Kier molecular flexibility index (Phi) is 3.79. The minimum Gasteiger partial charge on any atom is -0.300 e. The van der Waals surface area contributed by atoms with Crippen LogP contribution in [0.15, 0.2) is 29.2 Å². The van der Waals surface area contributed by atoms with Crippen LogP contribution in [0.1, 0.15) is 12.8 Å². The lowest BCUT2D eigenvalue weighted by atomic mass is 10.3. The Hall–Kier alpha value is -0.980. The summed E-state index contributed by atoms with van der Waals surface area (Å²) in [6.07, 6.45) is 2.60. The molecule has 0 aromatic heterocycles. The second kappa shape index (κ2) is 5.42. The summed E-state index contributed by atoms with van der Waals surface area (Å²) >= 11 is 0. The van der Waals surface area contributed by atoms with Crippen LogP contribution in [-0.2, 0) is 10.0 Å². The first-order valence-electron chi connectivity index (χ1n) is 7.04. The van der Waals surface area contributed by atoms with E-state index < -0.39 is 15.8 Å². The highest BCUT2D eigenvalue weighted by Gasteiger charge is 2.32. The molecular weight excluding hydrogens is 279 g/mol. The smallest absolute Gasteiger partial charge is 0.246 e. The van der Waals surface area contributed by atoms with E-state index in [1.165, 1.54) is 35.3 Å². The fourth-order valence-corrected chi connectivity index (χ4v) is 4.10. The van der Waals surface area contributed by atoms with E-state index in [1.807, 2.05) is 0 Å². The van der Waals surface area contributed by atoms with E-state index in [0.717, 1.165) is 25.6 Å². The van der Waals surface area contributed by atoms with Crippen molar-refractivity contribution in [3.05, 3.63) is 30.1 Å². The molecule has 2 aliphatic rings. The van der Waals surface area contributed by atoms with Crippen molar-refractivity contribution < 1.29 is 12.8 Å². The number of benzene rings is 1. The summed E-state index contributed by atoms with van der Waals surface area (Å²) in [4.78, 5) is 2.10. The molecule has 1 aliphatic heterocycles. The third-order valence-corrected chi connectivity index (χ3v) is 5.93. The number of piperazine rings is 1. The van der Waals surface area contributed by atoms with Crippen molar-refractivity contribution in [1.82, 2.24) is 9.21 Å². The zero-order chi connectivity index (χ0) is 14.2. The van der Waals surface area contributed by atoms with Gasteiger partial charge in [0.2, 0.25) is 10.0 Å². The van der Waals surface area contributed by atoms with Crippen LogP contribution in [0.3, 0.4) is 0 Å². The van der Waals surface area contributed by atoms with Crippen LogP contribution in [0, 0.1) is 11.7 Å². The maximum Gasteiger partial charge on any atom is 0.246 e. The Balaban J connectivity index is 1.68. The summed E-state index contributed by atoms with van der Waals surface area (Å²) < 4.78 is 39.9. The molecule has 1 aliphatic carbocycles. The number of hydrogen-bond acceptors (Lipinski definition) is 3. The predicted octanol–water partition coefficient (Wildman–Crippen LogP) is 1.54. The van der Waals surface area contributed by atoms with Crippen LogP contribution in [0.2, 0.25) is 0 Å². The van der Waals surface area contributed by atoms with E-state index in [4.69, 9.17) is 0 Å². The van der Waals surface area contributed by atoms with Gasteiger partial charge in [0.1, 0.15) is 10.7 Å². The summed E-state index contributed by atoms with van der Waals surface area (Å²) in [6.45, 7) is 3.45. The van der Waals surface area contributed by atoms with Crippen LogP contribution in [0.4, 0.5) is 4.39 Å². The molecule has 3 rings (SSSR count). The van der Waals surface area contributed by atoms with Crippen LogP contribution in [-0.4, -0.2) is 50.3 Å². The topological polar surface area (TPSA) is 40.6 Å². The first kappa shape index (κ1) is 14.0. The molecule has 2 fully saturated rings. The summed E-state index contributed by atoms with van der Waals surface area (Å²) in [5, 5.41) is 0. The molecule has 4 nitrogen and oxygen atoms in total. The standard InChI is InChI=1S/C14H19FN2O2S/c15-13-3-1-2-4-14(13)20(18,19)17-9-7-16(8-10-17)11-12-5-6-12/h1-4,12H,5-11H2. The van der Waals surface area contributed by atoms with E-state index in [1.54, 1.807) is 6.07 Å². The molecule has 110 valence electrons. The highest BCUT2D eigenvalue weighted by molar-refractivity contribution is 7.89. The van der Waals surface area contributed by atoms with Crippen molar-refractivity contribution in [3.8, 4) is 0 Å². The first-order chi connectivity index (χ1) is 9.57. The van der Waals surface area contributed by atoms with E-state index in [0.29, 0.717) is 13.1 Å². The highest BCUT2D eigenvalue weighted by atomic mass is 32.2. The normalized spacial score (nSPS) is 22.1. The van der Waals surface area contributed by atoms with Gasteiger partial charge in [0.05, 0.1) is 0 Å². The van der Waals surface area contributed by atoms with Gasteiger partial charge in [-0.1, -0.05) is 12.1 Å². The fraction of sp³-hybridized carbons (Fsp3) is 0.571. The van der Waals surface area contributed by atoms with Crippen molar-refractivity contribution in [2.45, 2.75) is 17.7 Å². The maximum absolute atomic E-state index is 13.7. The van der Waals surface area contributed by atoms with E-state index >= 15 is 0 Å². The zero-order valence-electron chi connectivity index (χ0n) is 11.3. The quantitative estimate of drug-likeness (QED) is 0.846. The number of halogens is 1. The number of nitrogens with zero attached hydrogens (tertiary/aromatic N) is 2. The Morgan fingerprint density at radius 2 is 1.75 bits per heavy atom. The van der Waals surface area contributed by atoms with Gasteiger partial charge in [-0.15, -0.1) is 0 Å². The van der Waals surface area contributed by atoms with Crippen molar-refractivity contribution in [2.24, 2.45) is 5.92 Å². The van der Waals surface area contributed by atoms with Crippen LogP contribution >= 0.6 is 0 Å². The molecule has 1 aromatic carbocycles. The summed E-state index contributed by atoms with van der Waals surface area (Å²) in [6, 6.07) is 5.58. The van der Waals surface area contributed by atoms with Gasteiger partial charge >= 0.3 is 0 Å². The van der Waals surface area contributed by atoms with Crippen LogP contribution < -0.4 is 0 Å². The average Bonchev–Trinajstić information content (AvgIpc) is 3.24. The second-order valence-corrected chi connectivity index (χ2v) is 7.48. The van der Waals surface area contributed by atoms with E-state index in [-0.39, 0.29) is 4.90 Å². The minimum atomic E-state index is -3.70. The summed E-state index contributed by atoms with van der Waals surface area (Å²) in [7, 11) is -3.70. The SMILES string of the molecule is O=S(=O)(c1ccccc1F)N1CCN(CC2CC2)CC1. The molecule has 0 bridgehead atoms. The Labute approximate surface area is 119 Å². The Bertz CT molecular complexity index is 579.